The first kappa shape index (κ1) is 20.2. The van der Waals surface area contributed by atoms with E-state index in [0.717, 1.165) is 0 Å². The summed E-state index contributed by atoms with van der Waals surface area (Å²) < 4.78 is 22.2. The van der Waals surface area contributed by atoms with Gasteiger partial charge in [-0.1, -0.05) is 0 Å². The van der Waals surface area contributed by atoms with Crippen molar-refractivity contribution in [1.82, 2.24) is 4.90 Å². The fraction of sp³-hybridized carbons (Fsp3) is 1.00. The van der Waals surface area contributed by atoms with Crippen molar-refractivity contribution in [2.75, 3.05) is 19.6 Å². The maximum absolute atomic E-state index is 11.1. The Balaban J connectivity index is 4.79. The molecule has 2 atom stereocenters. The van der Waals surface area contributed by atoms with Crippen molar-refractivity contribution in [1.29, 1.82) is 0 Å². The molecule has 0 fully saturated rings. The Morgan fingerprint density at radius 1 is 0.900 bits per heavy atom. The standard InChI is InChI=1S/C9H23NO8P2/c1-7(11)5-10(6-8(2)12)4-3-9(19(13,14)15)20(16,17)18/h7-9,11-12H,3-6H2,1-2H3,(H2,13,14,15)(H2,16,17,18). The summed E-state index contributed by atoms with van der Waals surface area (Å²) in [4.78, 5) is 37.5. The van der Waals surface area contributed by atoms with E-state index in [1.165, 1.54) is 18.7 Å². The molecule has 0 bridgehead atoms. The van der Waals surface area contributed by atoms with Crippen LogP contribution in [0.5, 0.6) is 0 Å². The van der Waals surface area contributed by atoms with E-state index in [1.54, 1.807) is 0 Å². The summed E-state index contributed by atoms with van der Waals surface area (Å²) in [5.41, 5.74) is 0. The lowest BCUT2D eigenvalue weighted by atomic mass is 10.3. The minimum Gasteiger partial charge on any atom is -0.392 e. The molecular weight excluding hydrogens is 312 g/mol. The Labute approximate surface area is 117 Å². The second-order valence-corrected chi connectivity index (χ2v) is 8.92. The van der Waals surface area contributed by atoms with Crippen molar-refractivity contribution in [3.63, 3.8) is 0 Å². The van der Waals surface area contributed by atoms with Crippen LogP contribution in [0.15, 0.2) is 0 Å². The first-order valence-corrected chi connectivity index (χ1v) is 9.39. The second kappa shape index (κ2) is 7.98. The normalized spacial score (nSPS) is 16.7. The summed E-state index contributed by atoms with van der Waals surface area (Å²) >= 11 is 0. The van der Waals surface area contributed by atoms with Crippen molar-refractivity contribution < 1.29 is 38.9 Å². The van der Waals surface area contributed by atoms with Gasteiger partial charge in [-0.05, 0) is 26.8 Å². The summed E-state index contributed by atoms with van der Waals surface area (Å²) in [6.45, 7) is 3.19. The maximum atomic E-state index is 11.1. The number of aliphatic hydroxyl groups is 2. The SMILES string of the molecule is CC(O)CN(CCC(P(=O)(O)O)P(=O)(O)O)CC(C)O. The maximum Gasteiger partial charge on any atom is 0.340 e. The summed E-state index contributed by atoms with van der Waals surface area (Å²) in [6.07, 6.45) is -1.91. The zero-order valence-electron chi connectivity index (χ0n) is 11.4. The van der Waals surface area contributed by atoms with Gasteiger partial charge in [-0.3, -0.25) is 14.0 Å². The van der Waals surface area contributed by atoms with E-state index >= 15 is 0 Å². The molecule has 0 saturated heterocycles. The topological polar surface area (TPSA) is 159 Å². The number of hydrogen-bond acceptors (Lipinski definition) is 5. The highest BCUT2D eigenvalue weighted by atomic mass is 31.2. The zero-order valence-corrected chi connectivity index (χ0v) is 13.2. The molecule has 0 aromatic heterocycles. The lowest BCUT2D eigenvalue weighted by molar-refractivity contribution is 0.0831. The van der Waals surface area contributed by atoms with Gasteiger partial charge < -0.3 is 29.8 Å². The molecule has 11 heteroatoms. The van der Waals surface area contributed by atoms with E-state index in [9.17, 15) is 19.3 Å². The molecule has 0 aromatic carbocycles. The fourth-order valence-electron chi connectivity index (χ4n) is 1.83. The first-order valence-electron chi connectivity index (χ1n) is 6.03. The smallest absolute Gasteiger partial charge is 0.340 e. The summed E-state index contributed by atoms with van der Waals surface area (Å²) in [7, 11) is -9.87. The molecule has 0 aromatic rings. The molecule has 0 aliphatic heterocycles. The molecule has 0 rings (SSSR count). The van der Waals surface area contributed by atoms with Crippen LogP contribution in [0.2, 0.25) is 0 Å². The van der Waals surface area contributed by atoms with Crippen molar-refractivity contribution in [3.05, 3.63) is 0 Å². The van der Waals surface area contributed by atoms with E-state index in [4.69, 9.17) is 19.6 Å². The molecule has 0 aliphatic rings. The van der Waals surface area contributed by atoms with Gasteiger partial charge >= 0.3 is 15.2 Å². The molecule has 122 valence electrons. The molecule has 0 radical (unpaired) electrons. The second-order valence-electron chi connectivity index (χ2n) is 4.91. The average Bonchev–Trinajstić information content (AvgIpc) is 2.10. The molecule has 20 heavy (non-hydrogen) atoms. The van der Waals surface area contributed by atoms with E-state index in [2.05, 4.69) is 0 Å². The van der Waals surface area contributed by atoms with Crippen LogP contribution in [-0.2, 0) is 9.13 Å². The van der Waals surface area contributed by atoms with Gasteiger partial charge in [0, 0.05) is 13.1 Å². The molecule has 2 unspecified atom stereocenters. The van der Waals surface area contributed by atoms with Gasteiger partial charge in [0.2, 0.25) is 0 Å². The Kier molecular flexibility index (Phi) is 8.05. The molecule has 0 heterocycles. The minimum atomic E-state index is -4.94. The van der Waals surface area contributed by atoms with E-state index in [1.807, 2.05) is 0 Å². The predicted molar refractivity (Wildman–Crippen MR) is 72.3 cm³/mol. The zero-order chi connectivity index (χ0) is 16.1. The fourth-order valence-corrected chi connectivity index (χ4v) is 4.31. The Morgan fingerprint density at radius 3 is 1.50 bits per heavy atom. The molecule has 9 nitrogen and oxygen atoms in total. The third-order valence-electron chi connectivity index (χ3n) is 2.52. The number of rotatable bonds is 9. The van der Waals surface area contributed by atoms with Gasteiger partial charge in [-0.15, -0.1) is 0 Å². The van der Waals surface area contributed by atoms with Crippen molar-refractivity contribution in [2.45, 2.75) is 37.9 Å². The predicted octanol–water partition coefficient (Wildman–Crippen LogP) is -0.878. The third-order valence-corrected chi connectivity index (χ3v) is 6.40. The summed E-state index contributed by atoms with van der Waals surface area (Å²) in [5.74, 6) is 0. The summed E-state index contributed by atoms with van der Waals surface area (Å²) in [6, 6.07) is 0. The van der Waals surface area contributed by atoms with Crippen molar-refractivity contribution >= 4 is 15.2 Å². The highest BCUT2D eigenvalue weighted by molar-refractivity contribution is 7.70. The number of nitrogens with zero attached hydrogens (tertiary/aromatic N) is 1. The van der Waals surface area contributed by atoms with Crippen LogP contribution in [0, 0.1) is 0 Å². The van der Waals surface area contributed by atoms with Crippen molar-refractivity contribution in [2.24, 2.45) is 0 Å². The summed E-state index contributed by atoms with van der Waals surface area (Å²) in [5, 5.41) is 16.5. The van der Waals surface area contributed by atoms with Gasteiger partial charge in [-0.25, -0.2) is 0 Å². The molecule has 0 spiro atoms. The van der Waals surface area contributed by atoms with Crippen LogP contribution >= 0.6 is 15.2 Å². The molecule has 0 amide bonds. The average molecular weight is 335 g/mol. The first-order chi connectivity index (χ1) is 8.84. The molecule has 6 N–H and O–H groups in total. The van der Waals surface area contributed by atoms with Gasteiger partial charge in [0.25, 0.3) is 0 Å². The molecule has 0 aliphatic carbocycles. The van der Waals surface area contributed by atoms with E-state index in [-0.39, 0.29) is 19.6 Å². The third kappa shape index (κ3) is 8.46. The Morgan fingerprint density at radius 2 is 1.25 bits per heavy atom. The quantitative estimate of drug-likeness (QED) is 0.294. The van der Waals surface area contributed by atoms with Crippen LogP contribution < -0.4 is 0 Å². The van der Waals surface area contributed by atoms with Gasteiger partial charge in [-0.2, -0.15) is 0 Å². The highest BCUT2D eigenvalue weighted by Crippen LogP contribution is 2.61. The largest absolute Gasteiger partial charge is 0.392 e. The van der Waals surface area contributed by atoms with E-state index < -0.39 is 39.2 Å². The van der Waals surface area contributed by atoms with E-state index in [0.29, 0.717) is 0 Å². The molecule has 0 saturated carbocycles. The lowest BCUT2D eigenvalue weighted by Gasteiger charge is -2.27. The molecular formula is C9H23NO8P2. The van der Waals surface area contributed by atoms with Crippen LogP contribution in [-0.4, -0.2) is 71.9 Å². The number of aliphatic hydroxyl groups excluding tert-OH is 2. The van der Waals surface area contributed by atoms with Gasteiger partial charge in [0.05, 0.1) is 12.2 Å². The van der Waals surface area contributed by atoms with Crippen molar-refractivity contribution in [3.8, 4) is 0 Å². The highest BCUT2D eigenvalue weighted by Gasteiger charge is 2.43. The lowest BCUT2D eigenvalue weighted by Crippen LogP contribution is -2.38. The Hall–Kier alpha value is 0.180. The van der Waals surface area contributed by atoms with Gasteiger partial charge in [0.1, 0.15) is 0 Å². The van der Waals surface area contributed by atoms with Crippen LogP contribution in [0.3, 0.4) is 0 Å². The van der Waals surface area contributed by atoms with Crippen LogP contribution in [0.25, 0.3) is 0 Å². The van der Waals surface area contributed by atoms with Crippen LogP contribution in [0.4, 0.5) is 0 Å². The number of hydrogen-bond donors (Lipinski definition) is 6. The Bertz CT molecular complexity index is 344. The monoisotopic (exact) mass is 335 g/mol. The van der Waals surface area contributed by atoms with Gasteiger partial charge in [0.15, 0.2) is 5.40 Å². The minimum absolute atomic E-state index is 0.0588. The van der Waals surface area contributed by atoms with Crippen LogP contribution in [0.1, 0.15) is 20.3 Å².